The third kappa shape index (κ3) is 3.64. The molecule has 3 rings (SSSR count). The van der Waals surface area contributed by atoms with Gasteiger partial charge in [0.2, 0.25) is 6.21 Å². The first kappa shape index (κ1) is 13.7. The van der Waals surface area contributed by atoms with E-state index >= 15 is 0 Å². The zero-order valence-electron chi connectivity index (χ0n) is 11.7. The number of hydrogen-bond acceptors (Lipinski definition) is 2. The number of hydrogen-bond donors (Lipinski definition) is 1. The second kappa shape index (κ2) is 6.46. The van der Waals surface area contributed by atoms with Gasteiger partial charge in [-0.05, 0) is 31.2 Å². The van der Waals surface area contributed by atoms with Crippen molar-refractivity contribution in [3.05, 3.63) is 78.1 Å². The van der Waals surface area contributed by atoms with Gasteiger partial charge in [0.15, 0.2) is 17.7 Å². The highest BCUT2D eigenvalue weighted by molar-refractivity contribution is 7.92. The number of rotatable bonds is 4. The van der Waals surface area contributed by atoms with E-state index in [1.165, 1.54) is 10.5 Å². The van der Waals surface area contributed by atoms with Crippen LogP contribution in [0.15, 0.2) is 76.0 Å². The lowest BCUT2D eigenvalue weighted by atomic mass is 10.2. The Bertz CT molecular complexity index is 729. The normalized spacial score (nSPS) is 11.1. The van der Waals surface area contributed by atoms with Crippen LogP contribution in [0.5, 0.6) is 0 Å². The molecule has 2 nitrogen and oxygen atoms in total. The van der Waals surface area contributed by atoms with Crippen LogP contribution in [0.4, 0.5) is 0 Å². The molecule has 0 bridgehead atoms. The van der Waals surface area contributed by atoms with Gasteiger partial charge >= 0.3 is 0 Å². The smallest absolute Gasteiger partial charge is 0.218 e. The fourth-order valence-electron chi connectivity index (χ4n) is 1.95. The standard InChI is InChI=1S/C18H15NOS/c1-14-7-10-17(11-8-14)21-19-13-16-9-12-18(20-16)15-5-3-2-4-6-15/h2-13H,1H3/p+1/b19-13+. The van der Waals surface area contributed by atoms with Gasteiger partial charge in [-0.2, -0.15) is 4.40 Å². The van der Waals surface area contributed by atoms with Crippen molar-refractivity contribution in [3.63, 3.8) is 0 Å². The van der Waals surface area contributed by atoms with Crippen LogP contribution in [-0.2, 0) is 0 Å². The van der Waals surface area contributed by atoms with E-state index in [0.717, 1.165) is 17.1 Å². The summed E-state index contributed by atoms with van der Waals surface area (Å²) in [7, 11) is 0. The molecule has 0 saturated heterocycles. The van der Waals surface area contributed by atoms with Crippen molar-refractivity contribution in [1.82, 2.24) is 0 Å². The highest BCUT2D eigenvalue weighted by Gasteiger charge is 2.04. The first-order chi connectivity index (χ1) is 10.3. The van der Waals surface area contributed by atoms with Crippen molar-refractivity contribution in [2.45, 2.75) is 11.8 Å². The minimum absolute atomic E-state index is 0.813. The summed E-state index contributed by atoms with van der Waals surface area (Å²) in [5.74, 6) is 1.69. The molecule has 21 heavy (non-hydrogen) atoms. The topological polar surface area (TPSA) is 27.1 Å². The molecule has 2 aromatic carbocycles. The van der Waals surface area contributed by atoms with E-state index in [0.29, 0.717) is 0 Å². The third-order valence-corrected chi connectivity index (χ3v) is 3.83. The summed E-state index contributed by atoms with van der Waals surface area (Å²) < 4.78 is 9.00. The Hall–Kier alpha value is -2.26. The molecule has 3 aromatic rings. The van der Waals surface area contributed by atoms with Crippen molar-refractivity contribution in [2.75, 3.05) is 0 Å². The molecule has 0 radical (unpaired) electrons. The van der Waals surface area contributed by atoms with Gasteiger partial charge in [-0.25, -0.2) is 0 Å². The van der Waals surface area contributed by atoms with Crippen LogP contribution < -0.4 is 4.40 Å². The van der Waals surface area contributed by atoms with Crippen LogP contribution in [0.3, 0.4) is 0 Å². The van der Waals surface area contributed by atoms with E-state index in [-0.39, 0.29) is 0 Å². The van der Waals surface area contributed by atoms with Gasteiger partial charge in [0.05, 0.1) is 4.90 Å². The van der Waals surface area contributed by atoms with Gasteiger partial charge < -0.3 is 4.42 Å². The van der Waals surface area contributed by atoms with Gasteiger partial charge in [-0.15, -0.1) is 0 Å². The van der Waals surface area contributed by atoms with Gasteiger partial charge in [0.25, 0.3) is 0 Å². The lowest BCUT2D eigenvalue weighted by Gasteiger charge is -1.93. The third-order valence-electron chi connectivity index (χ3n) is 3.08. The first-order valence-electron chi connectivity index (χ1n) is 6.79. The summed E-state index contributed by atoms with van der Waals surface area (Å²) in [5, 5.41) is 0. The Labute approximate surface area is 128 Å². The SMILES string of the molecule is Cc1ccc(S/[NH+]=C/c2ccc(-c3ccccc3)o2)cc1. The van der Waals surface area contributed by atoms with Crippen LogP contribution in [0, 0.1) is 6.92 Å². The zero-order chi connectivity index (χ0) is 14.5. The average Bonchev–Trinajstić information content (AvgIpc) is 2.99. The van der Waals surface area contributed by atoms with Gasteiger partial charge in [0.1, 0.15) is 5.76 Å². The minimum Gasteiger partial charge on any atom is -0.450 e. The Morgan fingerprint density at radius 2 is 1.67 bits per heavy atom. The van der Waals surface area contributed by atoms with Crippen molar-refractivity contribution >= 4 is 18.2 Å². The summed E-state index contributed by atoms with van der Waals surface area (Å²) in [6.07, 6.45) is 1.87. The molecule has 1 heterocycles. The average molecular weight is 294 g/mol. The van der Waals surface area contributed by atoms with E-state index < -0.39 is 0 Å². The quantitative estimate of drug-likeness (QED) is 0.589. The second-order valence-corrected chi connectivity index (χ2v) is 5.66. The molecule has 0 aliphatic rings. The van der Waals surface area contributed by atoms with Gasteiger partial charge in [0, 0.05) is 5.56 Å². The minimum atomic E-state index is 0.813. The van der Waals surface area contributed by atoms with Crippen LogP contribution in [0.1, 0.15) is 11.3 Å². The second-order valence-electron chi connectivity index (χ2n) is 4.75. The van der Waals surface area contributed by atoms with E-state index in [9.17, 15) is 0 Å². The highest BCUT2D eigenvalue weighted by atomic mass is 32.2. The maximum absolute atomic E-state index is 5.80. The zero-order valence-corrected chi connectivity index (χ0v) is 12.6. The molecule has 0 atom stereocenters. The van der Waals surface area contributed by atoms with E-state index in [4.69, 9.17) is 4.42 Å². The van der Waals surface area contributed by atoms with Crippen LogP contribution in [-0.4, -0.2) is 6.21 Å². The largest absolute Gasteiger partial charge is 0.450 e. The molecule has 1 N–H and O–H groups in total. The predicted molar refractivity (Wildman–Crippen MR) is 87.3 cm³/mol. The Balaban J connectivity index is 1.67. The maximum atomic E-state index is 5.80. The summed E-state index contributed by atoms with van der Waals surface area (Å²) in [5.41, 5.74) is 2.35. The Morgan fingerprint density at radius 3 is 2.43 bits per heavy atom. The molecule has 3 heteroatoms. The molecule has 104 valence electrons. The molecule has 0 saturated carbocycles. The number of furan rings is 1. The molecular formula is C18H16NOS+. The highest BCUT2D eigenvalue weighted by Crippen LogP contribution is 2.20. The van der Waals surface area contributed by atoms with Crippen LogP contribution in [0.25, 0.3) is 11.3 Å². The first-order valence-corrected chi connectivity index (χ1v) is 7.60. The van der Waals surface area contributed by atoms with E-state index in [2.05, 4.69) is 35.6 Å². The fraction of sp³-hybridized carbons (Fsp3) is 0.0556. The summed E-state index contributed by atoms with van der Waals surface area (Å²) >= 11 is 1.56. The molecule has 0 spiro atoms. The van der Waals surface area contributed by atoms with Crippen molar-refractivity contribution in [2.24, 2.45) is 0 Å². The predicted octanol–water partition coefficient (Wildman–Crippen LogP) is 3.46. The summed E-state index contributed by atoms with van der Waals surface area (Å²) in [6, 6.07) is 22.4. The lowest BCUT2D eigenvalue weighted by molar-refractivity contribution is -0.236. The number of nitrogens with one attached hydrogen (secondary N) is 1. The van der Waals surface area contributed by atoms with Crippen molar-refractivity contribution in [3.8, 4) is 11.3 Å². The lowest BCUT2D eigenvalue weighted by Crippen LogP contribution is -2.58. The van der Waals surface area contributed by atoms with Gasteiger partial charge in [-0.3, -0.25) is 0 Å². The molecule has 0 fully saturated rings. The number of aryl methyl sites for hydroxylation is 1. The van der Waals surface area contributed by atoms with Crippen LogP contribution >= 0.6 is 11.9 Å². The Morgan fingerprint density at radius 1 is 0.905 bits per heavy atom. The van der Waals surface area contributed by atoms with Crippen LogP contribution in [0.2, 0.25) is 0 Å². The van der Waals surface area contributed by atoms with Crippen molar-refractivity contribution < 1.29 is 8.81 Å². The monoisotopic (exact) mass is 294 g/mol. The molecular weight excluding hydrogens is 278 g/mol. The van der Waals surface area contributed by atoms with Crippen molar-refractivity contribution in [1.29, 1.82) is 0 Å². The fourth-order valence-corrected chi connectivity index (χ4v) is 2.53. The molecule has 0 aliphatic carbocycles. The maximum Gasteiger partial charge on any atom is 0.218 e. The summed E-state index contributed by atoms with van der Waals surface area (Å²) in [6.45, 7) is 2.09. The molecule has 0 amide bonds. The molecule has 0 unspecified atom stereocenters. The summed E-state index contributed by atoms with van der Waals surface area (Å²) in [4.78, 5) is 1.17. The molecule has 1 aromatic heterocycles. The molecule has 0 aliphatic heterocycles. The number of benzene rings is 2. The van der Waals surface area contributed by atoms with Gasteiger partial charge in [-0.1, -0.05) is 48.0 Å². The van der Waals surface area contributed by atoms with E-state index in [1.807, 2.05) is 48.7 Å². The Kier molecular flexibility index (Phi) is 4.22. The van der Waals surface area contributed by atoms with E-state index in [1.54, 1.807) is 11.9 Å².